The van der Waals surface area contributed by atoms with Gasteiger partial charge in [0.15, 0.2) is 0 Å². The highest BCUT2D eigenvalue weighted by molar-refractivity contribution is 6.39. The molecule has 6 heteroatoms. The molecule has 0 aliphatic carbocycles. The first kappa shape index (κ1) is 23.4. The third-order valence-electron chi connectivity index (χ3n) is 5.29. The van der Waals surface area contributed by atoms with E-state index in [1.54, 1.807) is 6.21 Å². The first-order valence-electron chi connectivity index (χ1n) is 10.9. The molecule has 1 unspecified atom stereocenters. The van der Waals surface area contributed by atoms with Crippen molar-refractivity contribution in [2.45, 2.75) is 26.4 Å². The molecule has 1 saturated heterocycles. The fourth-order valence-corrected chi connectivity index (χ4v) is 3.67. The van der Waals surface area contributed by atoms with Crippen molar-refractivity contribution in [3.05, 3.63) is 59.7 Å². The lowest BCUT2D eigenvalue weighted by Gasteiger charge is -2.17. The van der Waals surface area contributed by atoms with Gasteiger partial charge in [-0.2, -0.15) is 5.10 Å². The van der Waals surface area contributed by atoms with E-state index in [0.29, 0.717) is 18.8 Å². The highest BCUT2D eigenvalue weighted by Crippen LogP contribution is 2.31. The van der Waals surface area contributed by atoms with Crippen LogP contribution in [0.2, 0.25) is 0 Å². The second-order valence-electron chi connectivity index (χ2n) is 8.96. The van der Waals surface area contributed by atoms with Gasteiger partial charge in [0.25, 0.3) is 0 Å². The van der Waals surface area contributed by atoms with Crippen molar-refractivity contribution >= 4 is 23.3 Å². The summed E-state index contributed by atoms with van der Waals surface area (Å²) in [5.41, 5.74) is 4.75. The van der Waals surface area contributed by atoms with Gasteiger partial charge >= 0.3 is 0 Å². The molecule has 3 rings (SSSR count). The van der Waals surface area contributed by atoms with Crippen LogP contribution in [0.5, 0.6) is 0 Å². The third kappa shape index (κ3) is 6.60. The molecular formula is C26H35N5O. The van der Waals surface area contributed by atoms with Crippen LogP contribution in [0.25, 0.3) is 0 Å². The van der Waals surface area contributed by atoms with Crippen molar-refractivity contribution in [3.8, 4) is 11.8 Å². The molecule has 1 heterocycles. The largest absolute Gasteiger partial charge is 0.377 e. The Morgan fingerprint density at radius 2 is 2.06 bits per heavy atom. The van der Waals surface area contributed by atoms with Crippen molar-refractivity contribution in [2.75, 3.05) is 44.0 Å². The highest BCUT2D eigenvalue weighted by atomic mass is 16.5. The Labute approximate surface area is 193 Å². The maximum absolute atomic E-state index is 5.83. The topological polar surface area (TPSA) is 75.2 Å². The molecule has 3 N–H and O–H groups in total. The first-order chi connectivity index (χ1) is 15.4. The minimum atomic E-state index is 0. The number of hydrazone groups is 1. The van der Waals surface area contributed by atoms with Crippen molar-refractivity contribution in [1.82, 2.24) is 0 Å². The van der Waals surface area contributed by atoms with E-state index in [2.05, 4.69) is 41.1 Å². The number of nitrogens with zero attached hydrogens (tertiary/aromatic N) is 3. The van der Waals surface area contributed by atoms with Crippen LogP contribution in [0.3, 0.4) is 0 Å². The summed E-state index contributed by atoms with van der Waals surface area (Å²) in [6.45, 7) is 6.40. The Hall–Kier alpha value is -3.30. The van der Waals surface area contributed by atoms with Gasteiger partial charge in [0.1, 0.15) is 5.71 Å². The van der Waals surface area contributed by atoms with Crippen LogP contribution in [0.15, 0.2) is 58.6 Å². The molecule has 32 heavy (non-hydrogen) atoms. The van der Waals surface area contributed by atoms with Gasteiger partial charge in [-0.05, 0) is 42.2 Å². The van der Waals surface area contributed by atoms with Crippen LogP contribution in [-0.2, 0) is 4.74 Å². The van der Waals surface area contributed by atoms with Crippen LogP contribution in [0, 0.1) is 17.3 Å². The van der Waals surface area contributed by atoms with E-state index in [1.165, 1.54) is 0 Å². The monoisotopic (exact) mass is 433 g/mol. The molecule has 2 aromatic rings. The smallest absolute Gasteiger partial charge is 0.110 e. The summed E-state index contributed by atoms with van der Waals surface area (Å²) in [6, 6.07) is 16.1. The summed E-state index contributed by atoms with van der Waals surface area (Å²) in [5.74, 6) is 12.1. The fourth-order valence-electron chi connectivity index (χ4n) is 3.67. The number of anilines is 2. The Balaban J connectivity index is 0.00000385. The quantitative estimate of drug-likeness (QED) is 0.299. The molecular weight excluding hydrogens is 398 g/mol. The molecule has 6 nitrogen and oxygen atoms in total. The number of hydrogen-bond donors (Lipinski definition) is 2. The molecule has 0 spiro atoms. The van der Waals surface area contributed by atoms with Gasteiger partial charge in [-0.15, -0.1) is 0 Å². The minimum absolute atomic E-state index is 0. The van der Waals surface area contributed by atoms with Crippen LogP contribution >= 0.6 is 0 Å². The number of benzene rings is 2. The van der Waals surface area contributed by atoms with E-state index >= 15 is 0 Å². The lowest BCUT2D eigenvalue weighted by atomic mass is 9.91. The highest BCUT2D eigenvalue weighted by Gasteiger charge is 2.31. The van der Waals surface area contributed by atoms with Gasteiger partial charge in [0, 0.05) is 44.2 Å². The van der Waals surface area contributed by atoms with Gasteiger partial charge < -0.3 is 20.8 Å². The maximum Gasteiger partial charge on any atom is 0.110 e. The van der Waals surface area contributed by atoms with Crippen molar-refractivity contribution in [1.29, 1.82) is 0 Å². The summed E-state index contributed by atoms with van der Waals surface area (Å²) in [6.07, 6.45) is 2.90. The molecule has 1 atom stereocenters. The number of ether oxygens (including phenoxy) is 1. The number of aliphatic imine (C=N–C) groups is 1. The van der Waals surface area contributed by atoms with E-state index < -0.39 is 0 Å². The number of nitrogens with one attached hydrogen (secondary N) is 1. The molecule has 1 aliphatic rings. The second-order valence-corrected chi connectivity index (χ2v) is 8.96. The summed E-state index contributed by atoms with van der Waals surface area (Å²) in [7, 11) is 3.99. The van der Waals surface area contributed by atoms with Gasteiger partial charge in [0.05, 0.1) is 25.8 Å². The zero-order valence-electron chi connectivity index (χ0n) is 19.4. The molecule has 0 saturated carbocycles. The zero-order valence-corrected chi connectivity index (χ0v) is 19.4. The maximum atomic E-state index is 5.83. The number of para-hydroxylation sites is 1. The second kappa shape index (κ2) is 10.8. The summed E-state index contributed by atoms with van der Waals surface area (Å²) >= 11 is 0. The van der Waals surface area contributed by atoms with Crippen LogP contribution in [-0.4, -0.2) is 51.8 Å². The molecule has 0 amide bonds. The van der Waals surface area contributed by atoms with E-state index in [-0.39, 0.29) is 12.9 Å². The number of nitrogens with two attached hydrogens (primary N) is 1. The van der Waals surface area contributed by atoms with E-state index in [1.807, 2.05) is 67.5 Å². The number of rotatable bonds is 7. The molecule has 170 valence electrons. The zero-order chi connectivity index (χ0) is 23.0. The SMILES string of the molecule is CN(C)c1cc(C#CCNc2ccccc2)ccc1/C(C=NCC1CC(C)(C)CO1)=N/N.[HH]. The van der Waals surface area contributed by atoms with Gasteiger partial charge in [-0.25, -0.2) is 0 Å². The first-order valence-corrected chi connectivity index (χ1v) is 10.9. The minimum Gasteiger partial charge on any atom is -0.377 e. The van der Waals surface area contributed by atoms with E-state index in [9.17, 15) is 0 Å². The predicted octanol–water partition coefficient (Wildman–Crippen LogP) is 4.01. The van der Waals surface area contributed by atoms with Crippen molar-refractivity contribution in [2.24, 2.45) is 21.4 Å². The molecule has 2 aromatic carbocycles. The Morgan fingerprint density at radius 3 is 2.72 bits per heavy atom. The predicted molar refractivity (Wildman–Crippen MR) is 137 cm³/mol. The molecule has 0 radical (unpaired) electrons. The average molecular weight is 434 g/mol. The Morgan fingerprint density at radius 1 is 1.28 bits per heavy atom. The van der Waals surface area contributed by atoms with Crippen LogP contribution in [0.4, 0.5) is 11.4 Å². The lowest BCUT2D eigenvalue weighted by Crippen LogP contribution is -2.17. The van der Waals surface area contributed by atoms with Gasteiger partial charge in [0.2, 0.25) is 0 Å². The molecule has 1 aliphatic heterocycles. The fraction of sp³-hybridized carbons (Fsp3) is 0.385. The summed E-state index contributed by atoms with van der Waals surface area (Å²) in [5, 5.41) is 7.28. The van der Waals surface area contributed by atoms with Crippen LogP contribution in [0.1, 0.15) is 32.8 Å². The van der Waals surface area contributed by atoms with Gasteiger partial charge in [-0.3, -0.25) is 4.99 Å². The third-order valence-corrected chi connectivity index (χ3v) is 5.29. The lowest BCUT2D eigenvalue weighted by molar-refractivity contribution is 0.105. The standard InChI is InChI=1S/C26H33N5O.H2/c1-26(2)16-22(32-19-26)17-28-18-24(30-27)23-13-12-20(15-25(23)31(3)4)9-8-14-29-21-10-6-5-7-11-21;/h5-7,10-13,15,18,22,29H,14,16-17,19,27H2,1-4H3;1H/b28-18?,30-24+;. The average Bonchev–Trinajstić information content (AvgIpc) is 3.13. The normalized spacial score (nSPS) is 17.8. The van der Waals surface area contributed by atoms with Crippen LogP contribution < -0.4 is 16.1 Å². The molecule has 0 bridgehead atoms. The van der Waals surface area contributed by atoms with E-state index in [0.717, 1.165) is 35.5 Å². The Kier molecular flexibility index (Phi) is 7.91. The summed E-state index contributed by atoms with van der Waals surface area (Å²) in [4.78, 5) is 6.60. The van der Waals surface area contributed by atoms with Crippen molar-refractivity contribution < 1.29 is 6.16 Å². The Bertz CT molecular complexity index is 1020. The van der Waals surface area contributed by atoms with Crippen molar-refractivity contribution in [3.63, 3.8) is 0 Å². The molecule has 1 fully saturated rings. The van der Waals surface area contributed by atoms with Gasteiger partial charge in [-0.1, -0.05) is 43.9 Å². The summed E-state index contributed by atoms with van der Waals surface area (Å²) < 4.78 is 5.83. The molecule has 0 aromatic heterocycles. The number of hydrogen-bond acceptors (Lipinski definition) is 6. The van der Waals surface area contributed by atoms with E-state index in [4.69, 9.17) is 10.6 Å².